The topological polar surface area (TPSA) is 72.5 Å². The summed E-state index contributed by atoms with van der Waals surface area (Å²) in [4.78, 5) is 35.2. The van der Waals surface area contributed by atoms with Crippen LogP contribution in [-0.4, -0.2) is 24.3 Å². The summed E-state index contributed by atoms with van der Waals surface area (Å²) in [6, 6.07) is 9.67. The third-order valence-corrected chi connectivity index (χ3v) is 3.38. The summed E-state index contributed by atoms with van der Waals surface area (Å²) in [6.07, 6.45) is 0. The Morgan fingerprint density at radius 2 is 1.83 bits per heavy atom. The van der Waals surface area contributed by atoms with Crippen molar-refractivity contribution in [3.05, 3.63) is 64.4 Å². The minimum atomic E-state index is -0.852. The summed E-state index contributed by atoms with van der Waals surface area (Å²) in [5.41, 5.74) is 0.625. The average molecular weight is 350 g/mol. The van der Waals surface area contributed by atoms with Gasteiger partial charge in [-0.05, 0) is 37.3 Å². The third-order valence-electron chi connectivity index (χ3n) is 3.07. The molecule has 2 aromatic rings. The molecule has 0 spiro atoms. The van der Waals surface area contributed by atoms with Crippen molar-refractivity contribution in [2.75, 3.05) is 11.9 Å². The second kappa shape index (κ2) is 7.70. The second-order valence-electron chi connectivity index (χ2n) is 4.85. The number of rotatable bonds is 5. The molecule has 0 radical (unpaired) electrons. The van der Waals surface area contributed by atoms with Crippen molar-refractivity contribution in [2.45, 2.75) is 6.92 Å². The predicted octanol–water partition coefficient (Wildman–Crippen LogP) is 3.48. The molecule has 2 rings (SSSR count). The predicted molar refractivity (Wildman–Crippen MR) is 86.8 cm³/mol. The number of halogens is 2. The molecule has 124 valence electrons. The van der Waals surface area contributed by atoms with Crippen LogP contribution in [0.25, 0.3) is 0 Å². The van der Waals surface area contributed by atoms with E-state index >= 15 is 0 Å². The van der Waals surface area contributed by atoms with E-state index in [0.29, 0.717) is 11.3 Å². The molecule has 2 aromatic carbocycles. The maximum Gasteiger partial charge on any atom is 0.340 e. The van der Waals surface area contributed by atoms with Gasteiger partial charge in [-0.3, -0.25) is 9.59 Å². The largest absolute Gasteiger partial charge is 0.452 e. The Morgan fingerprint density at radius 1 is 1.12 bits per heavy atom. The molecule has 24 heavy (non-hydrogen) atoms. The lowest BCUT2D eigenvalue weighted by Gasteiger charge is -2.10. The molecule has 0 aliphatic rings. The Labute approximate surface area is 142 Å². The number of hydrogen-bond donors (Lipinski definition) is 1. The molecule has 1 N–H and O–H groups in total. The van der Waals surface area contributed by atoms with Crippen LogP contribution in [0.1, 0.15) is 27.6 Å². The number of nitrogens with one attached hydrogen (secondary N) is 1. The molecule has 0 atom stereocenters. The fourth-order valence-corrected chi connectivity index (χ4v) is 2.19. The molecule has 0 aliphatic heterocycles. The first kappa shape index (κ1) is 17.6. The summed E-state index contributed by atoms with van der Waals surface area (Å²) < 4.78 is 17.8. The summed E-state index contributed by atoms with van der Waals surface area (Å²) in [7, 11) is 0. The van der Waals surface area contributed by atoms with Crippen LogP contribution in [0.15, 0.2) is 42.5 Å². The highest BCUT2D eigenvalue weighted by atomic mass is 35.5. The zero-order valence-electron chi connectivity index (χ0n) is 12.6. The summed E-state index contributed by atoms with van der Waals surface area (Å²) in [5.74, 6) is -2.26. The zero-order valence-corrected chi connectivity index (χ0v) is 13.4. The Balaban J connectivity index is 1.99. The molecular weight excluding hydrogens is 337 g/mol. The van der Waals surface area contributed by atoms with Gasteiger partial charge < -0.3 is 10.1 Å². The molecule has 0 heterocycles. The summed E-state index contributed by atoms with van der Waals surface area (Å²) in [5, 5.41) is 2.38. The minimum absolute atomic E-state index is 0.0463. The van der Waals surface area contributed by atoms with Crippen LogP contribution in [0, 0.1) is 5.82 Å². The van der Waals surface area contributed by atoms with Gasteiger partial charge in [0, 0.05) is 5.56 Å². The second-order valence-corrected chi connectivity index (χ2v) is 5.26. The highest BCUT2D eigenvalue weighted by Gasteiger charge is 2.15. The maximum atomic E-state index is 12.9. The van der Waals surface area contributed by atoms with Gasteiger partial charge in [-0.2, -0.15) is 0 Å². The fraction of sp³-hybridized carbons (Fsp3) is 0.118. The quantitative estimate of drug-likeness (QED) is 0.662. The van der Waals surface area contributed by atoms with Gasteiger partial charge in [0.05, 0.1) is 16.3 Å². The van der Waals surface area contributed by atoms with Gasteiger partial charge in [-0.1, -0.05) is 23.7 Å². The first-order valence-electron chi connectivity index (χ1n) is 6.90. The lowest BCUT2D eigenvalue weighted by molar-refractivity contribution is -0.119. The number of hydrogen-bond acceptors (Lipinski definition) is 4. The number of benzene rings is 2. The number of ether oxygens (including phenoxy) is 1. The van der Waals surface area contributed by atoms with E-state index in [1.54, 1.807) is 24.3 Å². The first-order valence-corrected chi connectivity index (χ1v) is 7.28. The molecule has 1 amide bonds. The normalized spacial score (nSPS) is 10.1. The molecule has 0 saturated carbocycles. The van der Waals surface area contributed by atoms with Gasteiger partial charge in [0.15, 0.2) is 12.4 Å². The highest BCUT2D eigenvalue weighted by Crippen LogP contribution is 2.18. The number of carbonyl (C=O) groups excluding carboxylic acids is 3. The molecule has 7 heteroatoms. The molecule has 5 nitrogen and oxygen atoms in total. The smallest absolute Gasteiger partial charge is 0.340 e. The number of ketones is 1. The SMILES string of the molecule is CC(=O)c1ccccc1NC(=O)COC(=O)c1ccc(F)cc1Cl. The van der Waals surface area contributed by atoms with Crippen LogP contribution in [-0.2, 0) is 9.53 Å². The van der Waals surface area contributed by atoms with Crippen LogP contribution in [0.5, 0.6) is 0 Å². The third kappa shape index (κ3) is 4.39. The summed E-state index contributed by atoms with van der Waals surface area (Å²) >= 11 is 5.75. The van der Waals surface area contributed by atoms with Gasteiger partial charge in [0.1, 0.15) is 5.82 Å². The molecule has 0 fully saturated rings. The van der Waals surface area contributed by atoms with Gasteiger partial charge in [0.25, 0.3) is 5.91 Å². The molecule has 0 saturated heterocycles. The molecule has 0 unspecified atom stereocenters. The highest BCUT2D eigenvalue weighted by molar-refractivity contribution is 6.33. The lowest BCUT2D eigenvalue weighted by atomic mass is 10.1. The van der Waals surface area contributed by atoms with Crippen LogP contribution in [0.3, 0.4) is 0 Å². The van der Waals surface area contributed by atoms with E-state index in [-0.39, 0.29) is 16.4 Å². The maximum absolute atomic E-state index is 12.9. The van der Waals surface area contributed by atoms with E-state index in [9.17, 15) is 18.8 Å². The minimum Gasteiger partial charge on any atom is -0.452 e. The van der Waals surface area contributed by atoms with Crippen LogP contribution in [0.2, 0.25) is 5.02 Å². The molecule has 0 aromatic heterocycles. The Morgan fingerprint density at radius 3 is 2.50 bits per heavy atom. The van der Waals surface area contributed by atoms with Crippen molar-refractivity contribution in [2.24, 2.45) is 0 Å². The zero-order chi connectivity index (χ0) is 17.7. The van der Waals surface area contributed by atoms with Crippen molar-refractivity contribution in [1.82, 2.24) is 0 Å². The monoisotopic (exact) mass is 349 g/mol. The van der Waals surface area contributed by atoms with Crippen LogP contribution >= 0.6 is 11.6 Å². The van der Waals surface area contributed by atoms with Gasteiger partial charge in [-0.15, -0.1) is 0 Å². The van der Waals surface area contributed by atoms with E-state index in [4.69, 9.17) is 16.3 Å². The van der Waals surface area contributed by atoms with Gasteiger partial charge in [-0.25, -0.2) is 9.18 Å². The Kier molecular flexibility index (Phi) is 5.65. The van der Waals surface area contributed by atoms with E-state index in [2.05, 4.69) is 5.32 Å². The van der Waals surface area contributed by atoms with Crippen molar-refractivity contribution in [3.8, 4) is 0 Å². The van der Waals surface area contributed by atoms with Gasteiger partial charge >= 0.3 is 5.97 Å². The molecular formula is C17H13ClFNO4. The van der Waals surface area contributed by atoms with Crippen LogP contribution in [0.4, 0.5) is 10.1 Å². The van der Waals surface area contributed by atoms with E-state index in [1.807, 2.05) is 0 Å². The van der Waals surface area contributed by atoms with E-state index in [0.717, 1.165) is 12.1 Å². The number of Topliss-reactive ketones (excluding diaryl/α,β-unsaturated/α-hetero) is 1. The standard InChI is InChI=1S/C17H13ClFNO4/c1-10(21)12-4-2-3-5-15(12)20-16(22)9-24-17(23)13-7-6-11(19)8-14(13)18/h2-8H,9H2,1H3,(H,20,22). The number of esters is 1. The fourth-order valence-electron chi connectivity index (χ4n) is 1.95. The van der Waals surface area contributed by atoms with Crippen molar-refractivity contribution >= 4 is 34.9 Å². The number of carbonyl (C=O) groups is 3. The molecule has 0 aliphatic carbocycles. The van der Waals surface area contributed by atoms with Crippen LogP contribution < -0.4 is 5.32 Å². The first-order chi connectivity index (χ1) is 11.4. The average Bonchev–Trinajstić information content (AvgIpc) is 2.53. The number of amides is 1. The number of para-hydroxylation sites is 1. The lowest BCUT2D eigenvalue weighted by Crippen LogP contribution is -2.22. The Hall–Kier alpha value is -2.73. The summed E-state index contributed by atoms with van der Waals surface area (Å²) in [6.45, 7) is 0.806. The van der Waals surface area contributed by atoms with E-state index < -0.39 is 24.3 Å². The van der Waals surface area contributed by atoms with Crippen molar-refractivity contribution < 1.29 is 23.5 Å². The van der Waals surface area contributed by atoms with Gasteiger partial charge in [0.2, 0.25) is 0 Å². The van der Waals surface area contributed by atoms with E-state index in [1.165, 1.54) is 13.0 Å². The number of anilines is 1. The molecule has 0 bridgehead atoms. The van der Waals surface area contributed by atoms with Crippen molar-refractivity contribution in [3.63, 3.8) is 0 Å². The van der Waals surface area contributed by atoms with Crippen molar-refractivity contribution in [1.29, 1.82) is 0 Å². The Bertz CT molecular complexity index is 807.